The lowest BCUT2D eigenvalue weighted by Gasteiger charge is -2.27. The predicted octanol–water partition coefficient (Wildman–Crippen LogP) is 2.13. The Morgan fingerprint density at radius 2 is 2.06 bits per heavy atom. The summed E-state index contributed by atoms with van der Waals surface area (Å²) in [6.45, 7) is 7.89. The Bertz CT molecular complexity index is 316. The molecule has 0 aromatic carbocycles. The van der Waals surface area contributed by atoms with Crippen LogP contribution in [0.3, 0.4) is 0 Å². The lowest BCUT2D eigenvalue weighted by atomic mass is 10.0. The third-order valence-corrected chi connectivity index (χ3v) is 4.17. The zero-order valence-corrected chi connectivity index (χ0v) is 11.2. The van der Waals surface area contributed by atoms with Gasteiger partial charge in [0.1, 0.15) is 6.54 Å². The van der Waals surface area contributed by atoms with Crippen LogP contribution in [0.5, 0.6) is 0 Å². The second kappa shape index (κ2) is 5.07. The lowest BCUT2D eigenvalue weighted by molar-refractivity contribution is -0.147. The van der Waals surface area contributed by atoms with Gasteiger partial charge in [-0.15, -0.1) is 0 Å². The van der Waals surface area contributed by atoms with Gasteiger partial charge in [0.15, 0.2) is 0 Å². The highest BCUT2D eigenvalue weighted by atomic mass is 16.4. The normalized spacial score (nSPS) is 28.6. The molecule has 1 N–H and O–H groups in total. The van der Waals surface area contributed by atoms with Crippen molar-refractivity contribution in [2.24, 2.45) is 11.3 Å². The molecule has 4 heteroatoms. The van der Waals surface area contributed by atoms with Crippen molar-refractivity contribution in [3.63, 3.8) is 0 Å². The quantitative estimate of drug-likeness (QED) is 0.775. The van der Waals surface area contributed by atoms with E-state index in [4.69, 9.17) is 5.11 Å². The van der Waals surface area contributed by atoms with Gasteiger partial charge in [-0.25, -0.2) is 0 Å². The molecule has 3 unspecified atom stereocenters. The number of nitrogens with zero attached hydrogens (tertiary/aromatic N) is 1. The molecule has 1 amide bonds. The third kappa shape index (κ3) is 2.99. The van der Waals surface area contributed by atoms with Crippen LogP contribution in [0.4, 0.5) is 0 Å². The van der Waals surface area contributed by atoms with E-state index in [1.807, 2.05) is 13.8 Å². The average Bonchev–Trinajstić information content (AvgIpc) is 2.97. The number of hydrogen-bond acceptors (Lipinski definition) is 2. The Labute approximate surface area is 103 Å². The minimum Gasteiger partial charge on any atom is -0.480 e. The molecule has 3 atom stereocenters. The van der Waals surface area contributed by atoms with Gasteiger partial charge in [0.2, 0.25) is 5.91 Å². The van der Waals surface area contributed by atoms with Crippen LogP contribution in [0, 0.1) is 11.3 Å². The molecule has 0 saturated heterocycles. The van der Waals surface area contributed by atoms with Gasteiger partial charge in [-0.05, 0) is 31.6 Å². The molecule has 1 aliphatic rings. The number of amides is 1. The Morgan fingerprint density at radius 1 is 1.47 bits per heavy atom. The molecule has 0 aromatic heterocycles. The van der Waals surface area contributed by atoms with E-state index in [9.17, 15) is 9.59 Å². The van der Waals surface area contributed by atoms with Gasteiger partial charge in [0.25, 0.3) is 0 Å². The SMILES string of the molecule is CCC(C)N(CC(=O)O)C(=O)C1CC1(C)CC. The first-order valence-corrected chi connectivity index (χ1v) is 6.38. The molecule has 17 heavy (non-hydrogen) atoms. The van der Waals surface area contributed by atoms with E-state index in [0.717, 1.165) is 19.3 Å². The highest BCUT2D eigenvalue weighted by molar-refractivity contribution is 5.86. The van der Waals surface area contributed by atoms with Crippen LogP contribution in [-0.2, 0) is 9.59 Å². The number of hydrogen-bond donors (Lipinski definition) is 1. The summed E-state index contributed by atoms with van der Waals surface area (Å²) < 4.78 is 0. The average molecular weight is 241 g/mol. The van der Waals surface area contributed by atoms with E-state index in [-0.39, 0.29) is 29.8 Å². The van der Waals surface area contributed by atoms with E-state index >= 15 is 0 Å². The molecular weight excluding hydrogens is 218 g/mol. The second-order valence-corrected chi connectivity index (χ2v) is 5.38. The minimum absolute atomic E-state index is 0.000283. The smallest absolute Gasteiger partial charge is 0.323 e. The number of carbonyl (C=O) groups excluding carboxylic acids is 1. The summed E-state index contributed by atoms with van der Waals surface area (Å²) in [5, 5.41) is 8.87. The number of rotatable bonds is 6. The largest absolute Gasteiger partial charge is 0.480 e. The van der Waals surface area contributed by atoms with Crippen molar-refractivity contribution in [2.45, 2.75) is 53.0 Å². The summed E-state index contributed by atoms with van der Waals surface area (Å²) >= 11 is 0. The Hall–Kier alpha value is -1.06. The fourth-order valence-electron chi connectivity index (χ4n) is 2.20. The summed E-state index contributed by atoms with van der Waals surface area (Å²) in [6.07, 6.45) is 2.66. The lowest BCUT2D eigenvalue weighted by Crippen LogP contribution is -2.43. The van der Waals surface area contributed by atoms with E-state index in [1.165, 1.54) is 4.90 Å². The van der Waals surface area contributed by atoms with Crippen LogP contribution in [-0.4, -0.2) is 34.5 Å². The summed E-state index contributed by atoms with van der Waals surface area (Å²) in [5.41, 5.74) is 0.0985. The molecular formula is C13H23NO3. The predicted molar refractivity (Wildman–Crippen MR) is 65.6 cm³/mol. The maximum Gasteiger partial charge on any atom is 0.323 e. The van der Waals surface area contributed by atoms with Crippen molar-refractivity contribution in [1.82, 2.24) is 4.90 Å². The molecule has 4 nitrogen and oxygen atoms in total. The van der Waals surface area contributed by atoms with Crippen molar-refractivity contribution in [3.05, 3.63) is 0 Å². The Kier molecular flexibility index (Phi) is 4.17. The molecule has 0 aliphatic heterocycles. The van der Waals surface area contributed by atoms with Gasteiger partial charge in [-0.1, -0.05) is 20.8 Å². The number of aliphatic carboxylic acids is 1. The van der Waals surface area contributed by atoms with Gasteiger partial charge in [0, 0.05) is 12.0 Å². The van der Waals surface area contributed by atoms with Gasteiger partial charge in [-0.2, -0.15) is 0 Å². The topological polar surface area (TPSA) is 57.6 Å². The molecule has 0 bridgehead atoms. The molecule has 1 rings (SSSR count). The molecule has 0 heterocycles. The van der Waals surface area contributed by atoms with E-state index in [2.05, 4.69) is 13.8 Å². The standard InChI is InChI=1S/C13H23NO3/c1-5-9(3)14(8-11(15)16)12(17)10-7-13(10,4)6-2/h9-10H,5-8H2,1-4H3,(H,15,16). The number of carboxylic acid groups (broad SMARTS) is 1. The molecule has 98 valence electrons. The summed E-state index contributed by atoms with van der Waals surface area (Å²) in [7, 11) is 0. The zero-order chi connectivity index (χ0) is 13.2. The summed E-state index contributed by atoms with van der Waals surface area (Å²) in [6, 6.07) is 0.000283. The summed E-state index contributed by atoms with van der Waals surface area (Å²) in [4.78, 5) is 24.6. The minimum atomic E-state index is -0.933. The Morgan fingerprint density at radius 3 is 2.41 bits per heavy atom. The van der Waals surface area contributed by atoms with Gasteiger partial charge in [0.05, 0.1) is 0 Å². The third-order valence-electron chi connectivity index (χ3n) is 4.17. The van der Waals surface area contributed by atoms with E-state index in [0.29, 0.717) is 0 Å². The highest BCUT2D eigenvalue weighted by Gasteiger charge is 2.54. The van der Waals surface area contributed by atoms with Crippen molar-refractivity contribution < 1.29 is 14.7 Å². The van der Waals surface area contributed by atoms with Crippen LogP contribution in [0.15, 0.2) is 0 Å². The first kappa shape index (κ1) is 14.0. The number of carboxylic acids is 1. The van der Waals surface area contributed by atoms with Gasteiger partial charge in [-0.3, -0.25) is 9.59 Å². The van der Waals surface area contributed by atoms with Crippen LogP contribution < -0.4 is 0 Å². The maximum atomic E-state index is 12.3. The van der Waals surface area contributed by atoms with Gasteiger partial charge >= 0.3 is 5.97 Å². The van der Waals surface area contributed by atoms with E-state index in [1.54, 1.807) is 0 Å². The fourth-order valence-corrected chi connectivity index (χ4v) is 2.20. The van der Waals surface area contributed by atoms with Crippen molar-refractivity contribution >= 4 is 11.9 Å². The molecule has 0 radical (unpaired) electrons. The second-order valence-electron chi connectivity index (χ2n) is 5.38. The molecule has 1 aliphatic carbocycles. The van der Waals surface area contributed by atoms with E-state index < -0.39 is 5.97 Å². The fraction of sp³-hybridized carbons (Fsp3) is 0.846. The Balaban J connectivity index is 2.71. The van der Waals surface area contributed by atoms with Crippen LogP contribution in [0.1, 0.15) is 47.0 Å². The summed E-state index contributed by atoms with van der Waals surface area (Å²) in [5.74, 6) is -0.885. The van der Waals surface area contributed by atoms with Gasteiger partial charge < -0.3 is 10.0 Å². The van der Waals surface area contributed by atoms with Crippen LogP contribution in [0.25, 0.3) is 0 Å². The first-order valence-electron chi connectivity index (χ1n) is 6.38. The highest BCUT2D eigenvalue weighted by Crippen LogP contribution is 2.55. The molecule has 1 fully saturated rings. The van der Waals surface area contributed by atoms with Crippen LogP contribution in [0.2, 0.25) is 0 Å². The first-order chi connectivity index (χ1) is 7.85. The molecule has 0 spiro atoms. The molecule has 1 saturated carbocycles. The zero-order valence-electron chi connectivity index (χ0n) is 11.2. The van der Waals surface area contributed by atoms with Crippen molar-refractivity contribution in [2.75, 3.05) is 6.54 Å². The number of carbonyl (C=O) groups is 2. The van der Waals surface area contributed by atoms with Crippen molar-refractivity contribution in [3.8, 4) is 0 Å². The van der Waals surface area contributed by atoms with Crippen LogP contribution >= 0.6 is 0 Å². The maximum absolute atomic E-state index is 12.3. The molecule has 0 aromatic rings. The van der Waals surface area contributed by atoms with Crippen molar-refractivity contribution in [1.29, 1.82) is 0 Å². The monoisotopic (exact) mass is 241 g/mol.